The molecule has 0 radical (unpaired) electrons. The summed E-state index contributed by atoms with van der Waals surface area (Å²) in [4.78, 5) is 15.2. The number of nitriles is 1. The number of carbonyl (C=O) groups excluding carboxylic acids is 1. The monoisotopic (exact) mass is 269 g/mol. The Morgan fingerprint density at radius 2 is 2.32 bits per heavy atom. The van der Waals surface area contributed by atoms with Gasteiger partial charge in [0.1, 0.15) is 6.07 Å². The Hall–Kier alpha value is -2.07. The predicted octanol–water partition coefficient (Wildman–Crippen LogP) is 1.46. The number of hydrogen-bond donors (Lipinski definition) is 1. The lowest BCUT2D eigenvalue weighted by molar-refractivity contribution is -0.142. The molecule has 1 aromatic heterocycles. The standard InChI is InChI=1S/C12H13F2N3O2/c1-2-19-10(18)3-9-8(5-16)11(12(13)14)7(4-15)6-17-9/h6,12H,2-3,5,16H2,1H3. The fourth-order valence-corrected chi connectivity index (χ4v) is 1.68. The van der Waals surface area contributed by atoms with E-state index in [-0.39, 0.29) is 36.4 Å². The molecular formula is C12H13F2N3O2. The summed E-state index contributed by atoms with van der Waals surface area (Å²) in [7, 11) is 0. The number of aromatic nitrogens is 1. The molecule has 0 fully saturated rings. The number of nitrogens with zero attached hydrogens (tertiary/aromatic N) is 2. The Morgan fingerprint density at radius 1 is 1.63 bits per heavy atom. The van der Waals surface area contributed by atoms with Crippen LogP contribution in [-0.4, -0.2) is 17.6 Å². The Labute approximate surface area is 109 Å². The van der Waals surface area contributed by atoms with E-state index in [1.54, 1.807) is 13.0 Å². The average molecular weight is 269 g/mol. The van der Waals surface area contributed by atoms with Crippen LogP contribution < -0.4 is 5.73 Å². The molecule has 102 valence electrons. The zero-order valence-electron chi connectivity index (χ0n) is 10.3. The highest BCUT2D eigenvalue weighted by Gasteiger charge is 2.22. The van der Waals surface area contributed by atoms with Crippen molar-refractivity contribution in [1.82, 2.24) is 4.98 Å². The fraction of sp³-hybridized carbons (Fsp3) is 0.417. The third kappa shape index (κ3) is 3.45. The third-order valence-corrected chi connectivity index (χ3v) is 2.47. The minimum Gasteiger partial charge on any atom is -0.466 e. The molecule has 19 heavy (non-hydrogen) atoms. The summed E-state index contributed by atoms with van der Waals surface area (Å²) in [6, 6.07) is 1.64. The molecule has 1 rings (SSSR count). The topological polar surface area (TPSA) is 89.0 Å². The van der Waals surface area contributed by atoms with E-state index in [9.17, 15) is 13.6 Å². The van der Waals surface area contributed by atoms with Gasteiger partial charge in [-0.05, 0) is 12.5 Å². The highest BCUT2D eigenvalue weighted by atomic mass is 19.3. The number of ether oxygens (including phenoxy) is 1. The van der Waals surface area contributed by atoms with Crippen LogP contribution in [-0.2, 0) is 22.5 Å². The summed E-state index contributed by atoms with van der Waals surface area (Å²) >= 11 is 0. The average Bonchev–Trinajstić information content (AvgIpc) is 2.38. The van der Waals surface area contributed by atoms with Crippen molar-refractivity contribution in [3.05, 3.63) is 28.6 Å². The number of carbonyl (C=O) groups is 1. The normalized spacial score (nSPS) is 10.3. The minimum atomic E-state index is -2.85. The van der Waals surface area contributed by atoms with Crippen molar-refractivity contribution in [3.8, 4) is 6.07 Å². The van der Waals surface area contributed by atoms with Gasteiger partial charge in [0.2, 0.25) is 0 Å². The molecule has 0 saturated carbocycles. The molecule has 0 aliphatic carbocycles. The van der Waals surface area contributed by atoms with Crippen LogP contribution in [0.4, 0.5) is 8.78 Å². The molecule has 1 heterocycles. The Bertz CT molecular complexity index is 512. The van der Waals surface area contributed by atoms with E-state index in [2.05, 4.69) is 4.98 Å². The Balaban J connectivity index is 3.24. The van der Waals surface area contributed by atoms with Crippen LogP contribution in [0, 0.1) is 11.3 Å². The maximum atomic E-state index is 13.0. The van der Waals surface area contributed by atoms with Crippen molar-refractivity contribution in [2.75, 3.05) is 6.61 Å². The molecule has 1 aromatic rings. The first-order valence-electron chi connectivity index (χ1n) is 5.59. The second kappa shape index (κ2) is 6.75. The smallest absolute Gasteiger partial charge is 0.311 e. The van der Waals surface area contributed by atoms with E-state index >= 15 is 0 Å². The van der Waals surface area contributed by atoms with Gasteiger partial charge in [-0.15, -0.1) is 0 Å². The van der Waals surface area contributed by atoms with Gasteiger partial charge in [-0.1, -0.05) is 0 Å². The van der Waals surface area contributed by atoms with Crippen molar-refractivity contribution >= 4 is 5.97 Å². The second-order valence-electron chi connectivity index (χ2n) is 3.61. The molecule has 0 unspecified atom stereocenters. The van der Waals surface area contributed by atoms with Crippen LogP contribution in [0.3, 0.4) is 0 Å². The van der Waals surface area contributed by atoms with Gasteiger partial charge >= 0.3 is 5.97 Å². The highest BCUT2D eigenvalue weighted by molar-refractivity contribution is 5.72. The second-order valence-corrected chi connectivity index (χ2v) is 3.61. The number of halogens is 2. The Kier molecular flexibility index (Phi) is 5.33. The molecular weight excluding hydrogens is 256 g/mol. The van der Waals surface area contributed by atoms with Crippen LogP contribution in [0.5, 0.6) is 0 Å². The molecule has 0 aromatic carbocycles. The zero-order valence-corrected chi connectivity index (χ0v) is 10.3. The largest absolute Gasteiger partial charge is 0.466 e. The van der Waals surface area contributed by atoms with Gasteiger partial charge in [0, 0.05) is 18.3 Å². The quantitative estimate of drug-likeness (QED) is 0.817. The van der Waals surface area contributed by atoms with Crippen molar-refractivity contribution in [2.24, 2.45) is 5.73 Å². The van der Waals surface area contributed by atoms with Gasteiger partial charge in [0.05, 0.1) is 24.3 Å². The van der Waals surface area contributed by atoms with Crippen LogP contribution in [0.2, 0.25) is 0 Å². The predicted molar refractivity (Wildman–Crippen MR) is 62.1 cm³/mol. The third-order valence-electron chi connectivity index (χ3n) is 2.47. The van der Waals surface area contributed by atoms with Gasteiger partial charge in [-0.25, -0.2) is 8.78 Å². The number of pyridine rings is 1. The van der Waals surface area contributed by atoms with Crippen LogP contribution in [0.1, 0.15) is 35.7 Å². The SMILES string of the molecule is CCOC(=O)Cc1ncc(C#N)c(C(F)F)c1CN. The molecule has 0 amide bonds. The first-order chi connectivity index (χ1) is 9.04. The Morgan fingerprint density at radius 3 is 2.79 bits per heavy atom. The highest BCUT2D eigenvalue weighted by Crippen LogP contribution is 2.28. The van der Waals surface area contributed by atoms with Gasteiger partial charge in [-0.2, -0.15) is 5.26 Å². The number of rotatable bonds is 5. The maximum absolute atomic E-state index is 13.0. The maximum Gasteiger partial charge on any atom is 0.311 e. The van der Waals surface area contributed by atoms with Gasteiger partial charge in [0.15, 0.2) is 0 Å². The van der Waals surface area contributed by atoms with Crippen LogP contribution in [0.15, 0.2) is 6.20 Å². The lowest BCUT2D eigenvalue weighted by Gasteiger charge is -2.13. The number of hydrogen-bond acceptors (Lipinski definition) is 5. The van der Waals surface area contributed by atoms with E-state index in [1.807, 2.05) is 0 Å². The van der Waals surface area contributed by atoms with Crippen molar-refractivity contribution < 1.29 is 18.3 Å². The van der Waals surface area contributed by atoms with Crippen molar-refractivity contribution in [2.45, 2.75) is 26.3 Å². The van der Waals surface area contributed by atoms with Gasteiger partial charge in [-0.3, -0.25) is 9.78 Å². The molecule has 2 N–H and O–H groups in total. The number of alkyl halides is 2. The summed E-state index contributed by atoms with van der Waals surface area (Å²) < 4.78 is 30.7. The lowest BCUT2D eigenvalue weighted by Crippen LogP contribution is -2.15. The number of esters is 1. The molecule has 0 saturated heterocycles. The van der Waals surface area contributed by atoms with Crippen molar-refractivity contribution in [3.63, 3.8) is 0 Å². The van der Waals surface area contributed by atoms with Crippen LogP contribution >= 0.6 is 0 Å². The summed E-state index contributed by atoms with van der Waals surface area (Å²) in [6.07, 6.45) is -2.07. The van der Waals surface area contributed by atoms with E-state index in [0.717, 1.165) is 6.20 Å². The van der Waals surface area contributed by atoms with E-state index in [0.29, 0.717) is 0 Å². The molecule has 0 aliphatic heterocycles. The molecule has 0 bridgehead atoms. The van der Waals surface area contributed by atoms with Gasteiger partial charge in [0.25, 0.3) is 6.43 Å². The number of nitrogens with two attached hydrogens (primary N) is 1. The first kappa shape index (κ1) is 15.0. The summed E-state index contributed by atoms with van der Waals surface area (Å²) in [5.41, 5.74) is 4.89. The van der Waals surface area contributed by atoms with Crippen LogP contribution in [0.25, 0.3) is 0 Å². The van der Waals surface area contributed by atoms with E-state index in [1.165, 1.54) is 0 Å². The molecule has 0 spiro atoms. The lowest BCUT2D eigenvalue weighted by atomic mass is 10.0. The zero-order chi connectivity index (χ0) is 14.4. The minimum absolute atomic E-state index is 0.0297. The fourth-order valence-electron chi connectivity index (χ4n) is 1.68. The first-order valence-corrected chi connectivity index (χ1v) is 5.59. The van der Waals surface area contributed by atoms with E-state index < -0.39 is 18.0 Å². The molecule has 7 heteroatoms. The summed E-state index contributed by atoms with van der Waals surface area (Å²) in [6.45, 7) is 1.60. The summed E-state index contributed by atoms with van der Waals surface area (Å²) in [5, 5.41) is 8.79. The molecule has 5 nitrogen and oxygen atoms in total. The summed E-state index contributed by atoms with van der Waals surface area (Å²) in [5.74, 6) is -0.574. The van der Waals surface area contributed by atoms with Crippen molar-refractivity contribution in [1.29, 1.82) is 5.26 Å². The van der Waals surface area contributed by atoms with E-state index in [4.69, 9.17) is 15.7 Å². The van der Waals surface area contributed by atoms with Gasteiger partial charge < -0.3 is 10.5 Å². The molecule has 0 aliphatic rings. The molecule has 0 atom stereocenters.